The highest BCUT2D eigenvalue weighted by Gasteiger charge is 2.27. The van der Waals surface area contributed by atoms with Gasteiger partial charge in [-0.05, 0) is 106 Å². The molecule has 5 heterocycles. The maximum Gasteiger partial charge on any atom is 0.276 e. The molecule has 2 aromatic heterocycles. The Hall–Kier alpha value is -5.74. The number of amides is 4. The largest absolute Gasteiger partial charge is 0.507 e. The Labute approximate surface area is 349 Å². The van der Waals surface area contributed by atoms with Crippen molar-refractivity contribution in [2.24, 2.45) is 7.05 Å². The molecule has 6 N–H and O–H groups in total. The Morgan fingerprint density at radius 2 is 1.73 bits per heavy atom. The zero-order chi connectivity index (χ0) is 42.2. The fourth-order valence-corrected chi connectivity index (χ4v) is 8.70. The molecule has 16 nitrogen and oxygen atoms in total. The number of ether oxygens (including phenoxy) is 1. The third-order valence-electron chi connectivity index (χ3n) is 12.2. The number of unbranched alkanes of at least 4 members (excludes halogenated alkanes) is 2. The van der Waals surface area contributed by atoms with Gasteiger partial charge in [-0.25, -0.2) is 0 Å². The molecule has 16 heteroatoms. The van der Waals surface area contributed by atoms with Gasteiger partial charge in [0.2, 0.25) is 23.6 Å². The lowest BCUT2D eigenvalue weighted by Crippen LogP contribution is -2.48. The zero-order valence-corrected chi connectivity index (χ0v) is 34.6. The first kappa shape index (κ1) is 42.4. The standard InChI is InChI=1S/C44H57N9O7/c1-51-27-35(33-25-46-50-42(33)44(51)59)30-22-37(54)34(38(23-30)60-2)24-45-26-40(56)48-32-15-20-53(21-16-32)41(57)6-4-3-5-17-52-18-13-29(14-19-52)28-7-9-31(10-8-28)47-36-11-12-39(55)49-43(36)58/h7-10,22-23,25,27,29,32,36,45,47,54H,3-6,11-21,24,26H2,1-2H3,(H,46,50)(H,48,56)(H,49,55,58). The summed E-state index contributed by atoms with van der Waals surface area (Å²) in [5, 5.41) is 30.2. The number of H-pyrrole nitrogens is 1. The van der Waals surface area contributed by atoms with Crippen LogP contribution in [0.15, 0.2) is 53.6 Å². The van der Waals surface area contributed by atoms with E-state index in [1.54, 1.807) is 31.6 Å². The number of pyridine rings is 1. The lowest BCUT2D eigenvalue weighted by Gasteiger charge is -2.33. The summed E-state index contributed by atoms with van der Waals surface area (Å²) in [6.07, 6.45) is 11.3. The molecule has 60 heavy (non-hydrogen) atoms. The normalized spacial score (nSPS) is 18.1. The summed E-state index contributed by atoms with van der Waals surface area (Å²) in [7, 11) is 3.17. The van der Waals surface area contributed by atoms with Crippen molar-refractivity contribution in [2.45, 2.75) is 88.8 Å². The highest BCUT2D eigenvalue weighted by atomic mass is 16.5. The molecule has 0 bridgehead atoms. The number of phenols is 1. The van der Waals surface area contributed by atoms with E-state index in [1.165, 1.54) is 17.2 Å². The van der Waals surface area contributed by atoms with Crippen LogP contribution in [0.5, 0.6) is 11.5 Å². The Bertz CT molecular complexity index is 2220. The van der Waals surface area contributed by atoms with Crippen molar-refractivity contribution in [2.75, 3.05) is 51.7 Å². The van der Waals surface area contributed by atoms with Crippen LogP contribution < -0.4 is 31.6 Å². The average Bonchev–Trinajstić information content (AvgIpc) is 3.75. The first-order valence-electron chi connectivity index (χ1n) is 21.2. The Morgan fingerprint density at radius 1 is 0.967 bits per heavy atom. The summed E-state index contributed by atoms with van der Waals surface area (Å²) in [5.74, 6) is 0.525. The highest BCUT2D eigenvalue weighted by molar-refractivity contribution is 6.01. The summed E-state index contributed by atoms with van der Waals surface area (Å²) >= 11 is 0. The van der Waals surface area contributed by atoms with E-state index in [0.717, 1.165) is 57.4 Å². The minimum Gasteiger partial charge on any atom is -0.507 e. The number of carbonyl (C=O) groups excluding carboxylic acids is 4. The van der Waals surface area contributed by atoms with Gasteiger partial charge in [-0.3, -0.25) is 34.4 Å². The molecule has 3 aliphatic rings. The molecule has 7 rings (SSSR count). The van der Waals surface area contributed by atoms with Crippen molar-refractivity contribution in [3.05, 3.63) is 70.3 Å². The second kappa shape index (κ2) is 19.5. The van der Waals surface area contributed by atoms with Crippen molar-refractivity contribution < 1.29 is 29.0 Å². The number of imide groups is 1. The minimum atomic E-state index is -0.379. The van der Waals surface area contributed by atoms with E-state index in [1.807, 2.05) is 17.0 Å². The number of phenolic OH excluding ortho intramolecular Hbond substituents is 1. The Kier molecular flexibility index (Phi) is 13.8. The van der Waals surface area contributed by atoms with E-state index in [4.69, 9.17) is 4.74 Å². The number of carbonyl (C=O) groups is 4. The van der Waals surface area contributed by atoms with Crippen molar-refractivity contribution in [1.29, 1.82) is 0 Å². The first-order chi connectivity index (χ1) is 29.1. The van der Waals surface area contributed by atoms with E-state index >= 15 is 0 Å². The van der Waals surface area contributed by atoms with Gasteiger partial charge in [0.1, 0.15) is 23.1 Å². The number of aryl methyl sites for hydroxylation is 1. The number of anilines is 1. The van der Waals surface area contributed by atoms with Crippen LogP contribution in [0, 0.1) is 0 Å². The number of piperidine rings is 3. The lowest BCUT2D eigenvalue weighted by atomic mass is 9.89. The number of nitrogens with one attached hydrogen (secondary N) is 5. The number of aromatic amines is 1. The van der Waals surface area contributed by atoms with E-state index in [2.05, 4.69) is 48.5 Å². The molecule has 3 fully saturated rings. The minimum absolute atomic E-state index is 0.000264. The average molecular weight is 824 g/mol. The predicted molar refractivity (Wildman–Crippen MR) is 228 cm³/mol. The van der Waals surface area contributed by atoms with Crippen LogP contribution >= 0.6 is 0 Å². The van der Waals surface area contributed by atoms with Gasteiger partial charge in [0, 0.05) is 74.0 Å². The second-order valence-electron chi connectivity index (χ2n) is 16.3. The molecule has 4 aromatic rings. The van der Waals surface area contributed by atoms with Crippen molar-refractivity contribution >= 4 is 40.2 Å². The Balaban J connectivity index is 0.749. The molecule has 3 aliphatic heterocycles. The summed E-state index contributed by atoms with van der Waals surface area (Å²) in [5.41, 5.74) is 4.27. The van der Waals surface area contributed by atoms with Gasteiger partial charge in [0.05, 0.1) is 19.9 Å². The summed E-state index contributed by atoms with van der Waals surface area (Å²) in [6, 6.07) is 11.4. The molecular weight excluding hydrogens is 767 g/mol. The van der Waals surface area contributed by atoms with Gasteiger partial charge in [-0.2, -0.15) is 5.10 Å². The van der Waals surface area contributed by atoms with E-state index < -0.39 is 0 Å². The van der Waals surface area contributed by atoms with Crippen molar-refractivity contribution in [1.82, 2.24) is 40.5 Å². The Morgan fingerprint density at radius 3 is 2.47 bits per heavy atom. The van der Waals surface area contributed by atoms with Crippen LogP contribution in [-0.4, -0.2) is 112 Å². The zero-order valence-electron chi connectivity index (χ0n) is 34.6. The number of aromatic nitrogens is 3. The molecule has 2 aromatic carbocycles. The molecule has 3 saturated heterocycles. The quantitative estimate of drug-likeness (QED) is 0.0714. The van der Waals surface area contributed by atoms with Crippen LogP contribution in [0.4, 0.5) is 5.69 Å². The number of hydrogen-bond acceptors (Lipinski definition) is 11. The molecule has 1 unspecified atom stereocenters. The van der Waals surface area contributed by atoms with Gasteiger partial charge in [0.25, 0.3) is 5.56 Å². The van der Waals surface area contributed by atoms with Crippen LogP contribution in [-0.2, 0) is 32.8 Å². The third kappa shape index (κ3) is 10.3. The summed E-state index contributed by atoms with van der Waals surface area (Å²) in [6.45, 7) is 4.68. The van der Waals surface area contributed by atoms with E-state index in [0.29, 0.717) is 84.5 Å². The van der Waals surface area contributed by atoms with Gasteiger partial charge < -0.3 is 40.2 Å². The van der Waals surface area contributed by atoms with Gasteiger partial charge in [-0.1, -0.05) is 18.6 Å². The van der Waals surface area contributed by atoms with Crippen molar-refractivity contribution in [3.63, 3.8) is 0 Å². The fourth-order valence-electron chi connectivity index (χ4n) is 8.70. The SMILES string of the molecule is COc1cc(-c2cn(C)c(=O)c3[nH]ncc23)cc(O)c1CNCC(=O)NC1CCN(C(=O)CCCCCN2CCC(c3ccc(NC4CCC(=O)NC4=O)cc3)CC2)CC1. The summed E-state index contributed by atoms with van der Waals surface area (Å²) < 4.78 is 7.06. The number of benzene rings is 2. The lowest BCUT2D eigenvalue weighted by molar-refractivity contribution is -0.134. The van der Waals surface area contributed by atoms with Gasteiger partial charge in [0.15, 0.2) is 0 Å². The maximum absolute atomic E-state index is 13.0. The second-order valence-corrected chi connectivity index (χ2v) is 16.3. The van der Waals surface area contributed by atoms with Gasteiger partial charge in [-0.15, -0.1) is 0 Å². The molecule has 0 saturated carbocycles. The molecule has 0 aliphatic carbocycles. The van der Waals surface area contributed by atoms with E-state index in [-0.39, 0.29) is 60.1 Å². The highest BCUT2D eigenvalue weighted by Crippen LogP contribution is 2.36. The molecule has 0 radical (unpaired) electrons. The smallest absolute Gasteiger partial charge is 0.276 e. The van der Waals surface area contributed by atoms with Crippen LogP contribution in [0.2, 0.25) is 0 Å². The third-order valence-corrected chi connectivity index (χ3v) is 12.2. The number of hydrogen-bond donors (Lipinski definition) is 6. The predicted octanol–water partition coefficient (Wildman–Crippen LogP) is 3.50. The topological polar surface area (TPSA) is 203 Å². The number of methoxy groups -OCH3 is 1. The molecular formula is C44H57N9O7. The van der Waals surface area contributed by atoms with Crippen LogP contribution in [0.3, 0.4) is 0 Å². The molecule has 0 spiro atoms. The number of rotatable bonds is 16. The van der Waals surface area contributed by atoms with Crippen molar-refractivity contribution in [3.8, 4) is 22.6 Å². The number of nitrogens with zero attached hydrogens (tertiary/aromatic N) is 4. The fraction of sp³-hybridized carbons (Fsp3) is 0.500. The maximum atomic E-state index is 13.0. The monoisotopic (exact) mass is 823 g/mol. The van der Waals surface area contributed by atoms with E-state index in [9.17, 15) is 29.1 Å². The van der Waals surface area contributed by atoms with Gasteiger partial charge >= 0.3 is 0 Å². The van der Waals surface area contributed by atoms with Crippen LogP contribution in [0.25, 0.3) is 22.0 Å². The molecule has 4 amide bonds. The van der Waals surface area contributed by atoms with Crippen LogP contribution in [0.1, 0.15) is 81.3 Å². The number of likely N-dealkylation sites (tertiary alicyclic amines) is 2. The molecule has 320 valence electrons. The number of fused-ring (bicyclic) bond motifs is 1. The summed E-state index contributed by atoms with van der Waals surface area (Å²) in [4.78, 5) is 66.2. The number of aromatic hydroxyl groups is 1. The molecule has 1 atom stereocenters. The first-order valence-corrected chi connectivity index (χ1v) is 21.2.